The van der Waals surface area contributed by atoms with Crippen LogP contribution in [0.3, 0.4) is 0 Å². The van der Waals surface area contributed by atoms with Gasteiger partial charge in [0.25, 0.3) is 5.56 Å². The number of fused-ring (bicyclic) bond motifs is 1. The summed E-state index contributed by atoms with van der Waals surface area (Å²) >= 11 is 0. The third-order valence-corrected chi connectivity index (χ3v) is 5.41. The normalized spacial score (nSPS) is 40.1. The van der Waals surface area contributed by atoms with Crippen LogP contribution in [-0.4, -0.2) is 106 Å². The van der Waals surface area contributed by atoms with E-state index >= 15 is 0 Å². The number of H-pyrrole nitrogens is 1. The van der Waals surface area contributed by atoms with Crippen molar-refractivity contribution in [3.8, 4) is 0 Å². The summed E-state index contributed by atoms with van der Waals surface area (Å²) in [5.41, 5.74) is 2.27. The van der Waals surface area contributed by atoms with Gasteiger partial charge in [0.15, 0.2) is 23.0 Å². The van der Waals surface area contributed by atoms with Gasteiger partial charge in [-0.3, -0.25) is 14.3 Å². The maximum atomic E-state index is 12.0. The van der Waals surface area contributed by atoms with Gasteiger partial charge < -0.3 is 45.8 Å². The van der Waals surface area contributed by atoms with Crippen molar-refractivity contribution >= 4 is 17.1 Å². The van der Waals surface area contributed by atoms with E-state index in [4.69, 9.17) is 15.2 Å². The number of aliphatic hydroxyl groups is 6. The Morgan fingerprint density at radius 3 is 2.48 bits per heavy atom. The number of nitrogens with one attached hydrogen (secondary N) is 1. The number of rotatable bonds is 4. The van der Waals surface area contributed by atoms with Crippen LogP contribution >= 0.6 is 0 Å². The number of ether oxygens (including phenoxy) is 2. The van der Waals surface area contributed by atoms with Crippen LogP contribution in [0, 0.1) is 0 Å². The quantitative estimate of drug-likeness (QED) is 0.235. The lowest BCUT2D eigenvalue weighted by Crippen LogP contribution is -2.59. The molecule has 2 aliphatic heterocycles. The number of nitrogen functional groups attached to an aromatic ring is 1. The van der Waals surface area contributed by atoms with Gasteiger partial charge in [-0.2, -0.15) is 4.98 Å². The number of hydrogen-bond donors (Lipinski definition) is 8. The number of aliphatic hydroxyl groups excluding tert-OH is 5. The molecule has 0 bridgehead atoms. The average molecular weight is 415 g/mol. The predicted octanol–water partition coefficient (Wildman–Crippen LogP) is -4.83. The van der Waals surface area contributed by atoms with Gasteiger partial charge >= 0.3 is 0 Å². The van der Waals surface area contributed by atoms with Crippen LogP contribution in [0.25, 0.3) is 11.2 Å². The fourth-order valence-corrected chi connectivity index (χ4v) is 3.93. The first-order valence-corrected chi connectivity index (χ1v) is 8.75. The van der Waals surface area contributed by atoms with E-state index in [1.807, 2.05) is 0 Å². The Morgan fingerprint density at radius 2 is 1.86 bits per heavy atom. The molecule has 8 atom stereocenters. The summed E-state index contributed by atoms with van der Waals surface area (Å²) in [6.07, 6.45) is -9.62. The van der Waals surface area contributed by atoms with Gasteiger partial charge in [0.05, 0.1) is 19.5 Å². The second-order valence-corrected chi connectivity index (χ2v) is 7.08. The number of nitrogens with zero attached hydrogens (tertiary/aromatic N) is 3. The lowest BCUT2D eigenvalue weighted by molar-refractivity contribution is -0.200. The molecule has 2 aromatic heterocycles. The summed E-state index contributed by atoms with van der Waals surface area (Å²) in [5, 5.41) is 61.4. The molecular formula is C15H21N5O9. The van der Waals surface area contributed by atoms with Gasteiger partial charge in [-0.25, -0.2) is 4.98 Å². The molecule has 9 N–H and O–H groups in total. The van der Waals surface area contributed by atoms with E-state index < -0.39 is 67.2 Å². The summed E-state index contributed by atoms with van der Waals surface area (Å²) in [6, 6.07) is 0. The highest BCUT2D eigenvalue weighted by atomic mass is 16.6. The zero-order valence-electron chi connectivity index (χ0n) is 14.9. The topological polar surface area (TPSA) is 229 Å². The molecule has 2 saturated heterocycles. The summed E-state index contributed by atoms with van der Waals surface area (Å²) in [5.74, 6) is -0.238. The number of anilines is 1. The highest BCUT2D eigenvalue weighted by molar-refractivity contribution is 5.70. The molecule has 160 valence electrons. The lowest BCUT2D eigenvalue weighted by atomic mass is 9.84. The van der Waals surface area contributed by atoms with Gasteiger partial charge in [-0.15, -0.1) is 0 Å². The standard InChI is InChI=1S/C15H21N5O9/c16-14-18-11-6(12(26)19-14)17-3-20(11)13-15(27,9(25)5(2-22)29-13)10-8(24)7(23)4(1-21)28-10/h3-5,7-10,13,21-25,27H,1-2H2,(H3,16,18,19,26)/t4-,5-,7-,8-,9-,10?,13-,15+/m1/s1. The van der Waals surface area contributed by atoms with Crippen molar-refractivity contribution in [3.63, 3.8) is 0 Å². The van der Waals surface area contributed by atoms with Crippen LogP contribution in [0.2, 0.25) is 0 Å². The highest BCUT2D eigenvalue weighted by Gasteiger charge is 2.66. The van der Waals surface area contributed by atoms with E-state index in [1.165, 1.54) is 0 Å². The van der Waals surface area contributed by atoms with Crippen LogP contribution < -0.4 is 11.3 Å². The molecular weight excluding hydrogens is 394 g/mol. The van der Waals surface area contributed by atoms with E-state index in [-0.39, 0.29) is 17.1 Å². The van der Waals surface area contributed by atoms with Gasteiger partial charge in [-0.1, -0.05) is 0 Å². The largest absolute Gasteiger partial charge is 0.394 e. The molecule has 0 spiro atoms. The molecule has 2 aromatic rings. The summed E-state index contributed by atoms with van der Waals surface area (Å²) in [4.78, 5) is 22.2. The van der Waals surface area contributed by atoms with Crippen molar-refractivity contribution in [3.05, 3.63) is 16.7 Å². The van der Waals surface area contributed by atoms with Gasteiger partial charge in [0.2, 0.25) is 5.95 Å². The number of imidazole rings is 1. The fraction of sp³-hybridized carbons (Fsp3) is 0.667. The molecule has 29 heavy (non-hydrogen) atoms. The van der Waals surface area contributed by atoms with E-state index in [2.05, 4.69) is 15.0 Å². The minimum Gasteiger partial charge on any atom is -0.394 e. The van der Waals surface area contributed by atoms with Crippen LogP contribution in [-0.2, 0) is 9.47 Å². The molecule has 0 amide bonds. The molecule has 14 heteroatoms. The first-order chi connectivity index (χ1) is 13.7. The molecule has 4 heterocycles. The van der Waals surface area contributed by atoms with E-state index in [1.54, 1.807) is 0 Å². The molecule has 2 fully saturated rings. The van der Waals surface area contributed by atoms with Crippen LogP contribution in [0.1, 0.15) is 6.23 Å². The second kappa shape index (κ2) is 6.96. The van der Waals surface area contributed by atoms with Gasteiger partial charge in [0, 0.05) is 0 Å². The van der Waals surface area contributed by atoms with Gasteiger partial charge in [-0.05, 0) is 0 Å². The smallest absolute Gasteiger partial charge is 0.280 e. The summed E-state index contributed by atoms with van der Waals surface area (Å²) < 4.78 is 12.1. The van der Waals surface area contributed by atoms with E-state index in [0.717, 1.165) is 10.9 Å². The zero-order valence-corrected chi connectivity index (χ0v) is 14.9. The SMILES string of the molecule is Nc1nc2c(ncn2[C@@H]2O[C@H](CO)[C@@H](O)[C@]2(O)C2O[C@H](CO)[C@@H](O)[C@H]2O)c(=O)[nH]1. The van der Waals surface area contributed by atoms with E-state index in [9.17, 15) is 35.4 Å². The fourth-order valence-electron chi connectivity index (χ4n) is 3.93. The summed E-state index contributed by atoms with van der Waals surface area (Å²) in [7, 11) is 0. The Labute approximate surface area is 161 Å². The first-order valence-electron chi connectivity index (χ1n) is 8.75. The number of nitrogens with two attached hydrogens (primary N) is 1. The predicted molar refractivity (Wildman–Crippen MR) is 92.3 cm³/mol. The monoisotopic (exact) mass is 415 g/mol. The van der Waals surface area contributed by atoms with Crippen LogP contribution in [0.4, 0.5) is 5.95 Å². The Kier molecular flexibility index (Phi) is 4.83. The number of aromatic nitrogens is 4. The Bertz CT molecular complexity index is 965. The number of aromatic amines is 1. The summed E-state index contributed by atoms with van der Waals surface area (Å²) in [6.45, 7) is -1.35. The van der Waals surface area contributed by atoms with Gasteiger partial charge in [0.1, 0.15) is 36.6 Å². The van der Waals surface area contributed by atoms with Crippen molar-refractivity contribution in [2.24, 2.45) is 0 Å². The molecule has 14 nitrogen and oxygen atoms in total. The Morgan fingerprint density at radius 1 is 1.17 bits per heavy atom. The zero-order chi connectivity index (χ0) is 21.1. The molecule has 0 aliphatic carbocycles. The van der Waals surface area contributed by atoms with Crippen molar-refractivity contribution < 1.29 is 40.1 Å². The Hall–Kier alpha value is -2.17. The third kappa shape index (κ3) is 2.77. The van der Waals surface area contributed by atoms with E-state index in [0.29, 0.717) is 0 Å². The second-order valence-electron chi connectivity index (χ2n) is 7.08. The maximum Gasteiger partial charge on any atom is 0.280 e. The highest BCUT2D eigenvalue weighted by Crippen LogP contribution is 2.46. The Balaban J connectivity index is 1.85. The van der Waals surface area contributed by atoms with Crippen molar-refractivity contribution in [1.82, 2.24) is 19.5 Å². The molecule has 0 saturated carbocycles. The first kappa shape index (κ1) is 20.1. The molecule has 0 aromatic carbocycles. The lowest BCUT2D eigenvalue weighted by Gasteiger charge is -2.37. The molecule has 1 unspecified atom stereocenters. The van der Waals surface area contributed by atoms with Crippen molar-refractivity contribution in [2.45, 2.75) is 48.5 Å². The average Bonchev–Trinajstić information content (AvgIpc) is 3.30. The molecule has 2 aliphatic rings. The van der Waals surface area contributed by atoms with Crippen LogP contribution in [0.15, 0.2) is 11.1 Å². The molecule has 0 radical (unpaired) electrons. The van der Waals surface area contributed by atoms with Crippen molar-refractivity contribution in [2.75, 3.05) is 18.9 Å². The minimum atomic E-state index is -2.43. The number of hydrogen-bond acceptors (Lipinski definition) is 12. The minimum absolute atomic E-state index is 0.0905. The van der Waals surface area contributed by atoms with Crippen LogP contribution in [0.5, 0.6) is 0 Å². The maximum absolute atomic E-state index is 12.0. The molecule has 4 rings (SSSR count). The van der Waals surface area contributed by atoms with Crippen molar-refractivity contribution in [1.29, 1.82) is 0 Å². The third-order valence-electron chi connectivity index (χ3n) is 5.41.